The summed E-state index contributed by atoms with van der Waals surface area (Å²) in [4.78, 5) is 43.9. The number of aliphatic imine (C=N–C) groups is 1. The van der Waals surface area contributed by atoms with E-state index >= 15 is 0 Å². The molecule has 0 fully saturated rings. The molecule has 0 radical (unpaired) electrons. The molecule has 0 aliphatic rings. The Morgan fingerprint density at radius 2 is 1.80 bits per heavy atom. The van der Waals surface area contributed by atoms with E-state index < -0.39 is 11.9 Å². The zero-order chi connectivity index (χ0) is 31.2. The number of hydrogen-bond acceptors (Lipinski definition) is 10. The highest BCUT2D eigenvalue weighted by Gasteiger charge is 2.23. The van der Waals surface area contributed by atoms with Crippen molar-refractivity contribution in [2.24, 2.45) is 4.99 Å². The summed E-state index contributed by atoms with van der Waals surface area (Å²) in [6, 6.07) is 21.2. The standard InChI is InChI=1S/C32H33N9O3/c1-4-24(37-28-23(18-34-3)19(2)36-32(33)39-28)29-38-26-12-8-11-25(27(26)31(43)41(29)22-9-6-5-7-10-22)35-17-20-13-15-21(16-14-20)30(42)40-44/h5-16,24,35,44H,3-4,17-18H2,1-2H3,(H,40,42)(H3,33,36,37,39)/t24-/m0/s1. The highest BCUT2D eigenvalue weighted by molar-refractivity contribution is 5.93. The van der Waals surface area contributed by atoms with Crippen LogP contribution in [-0.2, 0) is 13.1 Å². The van der Waals surface area contributed by atoms with E-state index in [4.69, 9.17) is 15.9 Å². The minimum Gasteiger partial charge on any atom is -0.380 e. The summed E-state index contributed by atoms with van der Waals surface area (Å²) in [5, 5.41) is 16.1. The van der Waals surface area contributed by atoms with Crippen LogP contribution in [0.25, 0.3) is 16.6 Å². The second kappa shape index (κ2) is 13.1. The van der Waals surface area contributed by atoms with Crippen LogP contribution in [0.1, 0.15) is 52.4 Å². The van der Waals surface area contributed by atoms with Gasteiger partial charge in [-0.2, -0.15) is 4.98 Å². The number of nitrogens with two attached hydrogens (primary N) is 1. The van der Waals surface area contributed by atoms with Crippen LogP contribution < -0.4 is 27.4 Å². The first-order chi connectivity index (χ1) is 21.3. The van der Waals surface area contributed by atoms with Gasteiger partial charge in [-0.3, -0.25) is 24.4 Å². The minimum absolute atomic E-state index is 0.126. The Hall–Kier alpha value is -5.62. The number of nitrogens with zero attached hydrogens (tertiary/aromatic N) is 5. The van der Waals surface area contributed by atoms with Gasteiger partial charge in [-0.05, 0) is 62.0 Å². The molecule has 1 atom stereocenters. The lowest BCUT2D eigenvalue weighted by atomic mass is 10.1. The van der Waals surface area contributed by atoms with Gasteiger partial charge in [-0.15, -0.1) is 0 Å². The molecule has 5 rings (SSSR count). The van der Waals surface area contributed by atoms with Gasteiger partial charge in [0.15, 0.2) is 0 Å². The molecule has 0 saturated heterocycles. The molecule has 0 aliphatic heterocycles. The first-order valence-corrected chi connectivity index (χ1v) is 14.0. The highest BCUT2D eigenvalue weighted by Crippen LogP contribution is 2.29. The predicted octanol–water partition coefficient (Wildman–Crippen LogP) is 4.56. The van der Waals surface area contributed by atoms with Crippen LogP contribution >= 0.6 is 0 Å². The number of benzene rings is 3. The van der Waals surface area contributed by atoms with Gasteiger partial charge in [-0.1, -0.05) is 43.3 Å². The fourth-order valence-corrected chi connectivity index (χ4v) is 5.04. The van der Waals surface area contributed by atoms with Crippen LogP contribution in [-0.4, -0.2) is 37.4 Å². The quantitative estimate of drug-likeness (QED) is 0.0838. The molecule has 0 saturated carbocycles. The van der Waals surface area contributed by atoms with Crippen LogP contribution in [0, 0.1) is 6.92 Å². The molecule has 0 bridgehead atoms. The lowest BCUT2D eigenvalue weighted by molar-refractivity contribution is 0.0706. The summed E-state index contributed by atoms with van der Waals surface area (Å²) < 4.78 is 1.62. The molecule has 224 valence electrons. The van der Waals surface area contributed by atoms with E-state index in [1.54, 1.807) is 34.3 Å². The van der Waals surface area contributed by atoms with Crippen molar-refractivity contribution in [1.82, 2.24) is 25.0 Å². The van der Waals surface area contributed by atoms with Gasteiger partial charge in [0.2, 0.25) is 5.95 Å². The molecule has 2 heterocycles. The zero-order valence-corrected chi connectivity index (χ0v) is 24.4. The third-order valence-corrected chi connectivity index (χ3v) is 7.27. The van der Waals surface area contributed by atoms with E-state index in [1.807, 2.05) is 62.4 Å². The van der Waals surface area contributed by atoms with E-state index in [0.717, 1.165) is 11.1 Å². The van der Waals surface area contributed by atoms with Crippen molar-refractivity contribution in [3.05, 3.63) is 111 Å². The van der Waals surface area contributed by atoms with Gasteiger partial charge in [0.05, 0.1) is 34.9 Å². The summed E-state index contributed by atoms with van der Waals surface area (Å²) in [6.07, 6.45) is 0.580. The van der Waals surface area contributed by atoms with Gasteiger partial charge < -0.3 is 16.4 Å². The molecular formula is C32H33N9O3. The summed E-state index contributed by atoms with van der Waals surface area (Å²) >= 11 is 0. The first-order valence-electron chi connectivity index (χ1n) is 14.0. The fourth-order valence-electron chi connectivity index (χ4n) is 5.04. The van der Waals surface area contributed by atoms with Gasteiger partial charge >= 0.3 is 0 Å². The summed E-state index contributed by atoms with van der Waals surface area (Å²) in [5.41, 5.74) is 11.9. The number of nitrogens with one attached hydrogen (secondary N) is 3. The molecule has 6 N–H and O–H groups in total. The number of hydroxylamine groups is 1. The predicted molar refractivity (Wildman–Crippen MR) is 171 cm³/mol. The maximum atomic E-state index is 14.4. The van der Waals surface area contributed by atoms with E-state index in [1.165, 1.54) is 0 Å². The lowest BCUT2D eigenvalue weighted by Crippen LogP contribution is -2.29. The topological polar surface area (TPSA) is 172 Å². The molecule has 1 amide bonds. The summed E-state index contributed by atoms with van der Waals surface area (Å²) in [6.45, 7) is 8.15. The molecule has 3 aromatic carbocycles. The first kappa shape index (κ1) is 29.9. The number of anilines is 3. The lowest BCUT2D eigenvalue weighted by Gasteiger charge is -2.24. The zero-order valence-electron chi connectivity index (χ0n) is 24.4. The van der Waals surface area contributed by atoms with Crippen molar-refractivity contribution >= 4 is 41.0 Å². The number of para-hydroxylation sites is 1. The number of amides is 1. The van der Waals surface area contributed by atoms with Gasteiger partial charge in [0.25, 0.3) is 11.5 Å². The molecule has 2 aromatic heterocycles. The van der Waals surface area contributed by atoms with Crippen molar-refractivity contribution in [2.75, 3.05) is 16.4 Å². The number of aryl methyl sites for hydroxylation is 1. The SMILES string of the molecule is C=NCc1c(C)nc(N)nc1N[C@@H](CC)c1nc2cccc(NCc3ccc(C(=O)NO)cc3)c2c(=O)n1-c1ccccc1. The molecule has 5 aromatic rings. The van der Waals surface area contributed by atoms with E-state index in [2.05, 4.69) is 32.3 Å². The van der Waals surface area contributed by atoms with Crippen molar-refractivity contribution in [1.29, 1.82) is 0 Å². The second-order valence-electron chi connectivity index (χ2n) is 10.1. The molecular weight excluding hydrogens is 558 g/mol. The fraction of sp³-hybridized carbons (Fsp3) is 0.188. The van der Waals surface area contributed by atoms with Crippen LogP contribution in [0.2, 0.25) is 0 Å². The normalized spacial score (nSPS) is 11.6. The van der Waals surface area contributed by atoms with Crippen molar-refractivity contribution < 1.29 is 10.0 Å². The Morgan fingerprint density at radius 1 is 1.05 bits per heavy atom. The highest BCUT2D eigenvalue weighted by atomic mass is 16.5. The van der Waals surface area contributed by atoms with Gasteiger partial charge in [-0.25, -0.2) is 15.4 Å². The Balaban J connectivity index is 1.59. The smallest absolute Gasteiger partial charge is 0.274 e. The molecule has 12 heteroatoms. The van der Waals surface area contributed by atoms with Gasteiger partial charge in [0, 0.05) is 23.4 Å². The number of carbonyl (C=O) groups excluding carboxylic acids is 1. The Bertz CT molecular complexity index is 1870. The molecule has 12 nitrogen and oxygen atoms in total. The van der Waals surface area contributed by atoms with Crippen molar-refractivity contribution in [3.63, 3.8) is 0 Å². The third-order valence-electron chi connectivity index (χ3n) is 7.27. The van der Waals surface area contributed by atoms with Crippen LogP contribution in [0.3, 0.4) is 0 Å². The minimum atomic E-state index is -0.589. The van der Waals surface area contributed by atoms with Crippen LogP contribution in [0.15, 0.2) is 82.6 Å². The number of hydrogen-bond donors (Lipinski definition) is 5. The molecule has 0 unspecified atom stereocenters. The van der Waals surface area contributed by atoms with Crippen molar-refractivity contribution in [3.8, 4) is 5.69 Å². The van der Waals surface area contributed by atoms with Gasteiger partial charge in [0.1, 0.15) is 11.6 Å². The maximum absolute atomic E-state index is 14.4. The Morgan fingerprint density at radius 3 is 2.48 bits per heavy atom. The van der Waals surface area contributed by atoms with E-state index in [-0.39, 0.29) is 11.5 Å². The maximum Gasteiger partial charge on any atom is 0.274 e. The second-order valence-corrected chi connectivity index (χ2v) is 10.1. The Labute approximate surface area is 253 Å². The number of fused-ring (bicyclic) bond motifs is 1. The average Bonchev–Trinajstić information content (AvgIpc) is 3.04. The number of carbonyl (C=O) groups is 1. The molecule has 44 heavy (non-hydrogen) atoms. The van der Waals surface area contributed by atoms with E-state index in [9.17, 15) is 9.59 Å². The largest absolute Gasteiger partial charge is 0.380 e. The summed E-state index contributed by atoms with van der Waals surface area (Å²) in [5.74, 6) is 0.565. The Kier molecular flexibility index (Phi) is 8.91. The summed E-state index contributed by atoms with van der Waals surface area (Å²) in [7, 11) is 0. The third kappa shape index (κ3) is 6.10. The average molecular weight is 592 g/mol. The molecule has 0 aliphatic carbocycles. The number of nitrogen functional groups attached to an aromatic ring is 1. The number of rotatable bonds is 11. The monoisotopic (exact) mass is 591 g/mol. The van der Waals surface area contributed by atoms with Crippen LogP contribution in [0.4, 0.5) is 17.5 Å². The number of aromatic nitrogens is 4. The van der Waals surface area contributed by atoms with E-state index in [0.29, 0.717) is 64.7 Å². The van der Waals surface area contributed by atoms with Crippen LogP contribution in [0.5, 0.6) is 0 Å². The van der Waals surface area contributed by atoms with Crippen molar-refractivity contribution in [2.45, 2.75) is 39.4 Å². The molecule has 0 spiro atoms.